The van der Waals surface area contributed by atoms with E-state index < -0.39 is 0 Å². The summed E-state index contributed by atoms with van der Waals surface area (Å²) < 4.78 is 5.77. The lowest BCUT2D eigenvalue weighted by atomic mass is 10.1. The summed E-state index contributed by atoms with van der Waals surface area (Å²) in [6.07, 6.45) is 2.64. The molecule has 1 atom stereocenters. The van der Waals surface area contributed by atoms with E-state index in [0.717, 1.165) is 19.7 Å². The summed E-state index contributed by atoms with van der Waals surface area (Å²) >= 11 is 0. The minimum Gasteiger partial charge on any atom is -0.375 e. The number of likely N-dealkylation sites (N-methyl/N-ethyl adjacent to an activating group) is 1. The Bertz CT molecular complexity index is 187. The Labute approximate surface area is 101 Å². The second-order valence-electron chi connectivity index (χ2n) is 5.66. The van der Waals surface area contributed by atoms with Crippen molar-refractivity contribution in [1.29, 1.82) is 0 Å². The van der Waals surface area contributed by atoms with E-state index >= 15 is 0 Å². The number of nitrogens with zero attached hydrogens (tertiary/aromatic N) is 1. The van der Waals surface area contributed by atoms with Crippen molar-refractivity contribution in [2.45, 2.75) is 52.2 Å². The summed E-state index contributed by atoms with van der Waals surface area (Å²) in [4.78, 5) is 2.52. The first-order chi connectivity index (χ1) is 7.51. The molecule has 0 aromatic heterocycles. The fourth-order valence-corrected chi connectivity index (χ4v) is 2.19. The molecular formula is C13H28N2O. The maximum Gasteiger partial charge on any atom is 0.0600 e. The highest BCUT2D eigenvalue weighted by Crippen LogP contribution is 2.11. The lowest BCUT2D eigenvalue weighted by Gasteiger charge is -2.33. The summed E-state index contributed by atoms with van der Waals surface area (Å²) in [6.45, 7) is 13.9. The Morgan fingerprint density at radius 1 is 1.38 bits per heavy atom. The van der Waals surface area contributed by atoms with E-state index in [1.54, 1.807) is 0 Å². The Morgan fingerprint density at radius 3 is 2.75 bits per heavy atom. The average molecular weight is 228 g/mol. The van der Waals surface area contributed by atoms with Gasteiger partial charge in [-0.15, -0.1) is 0 Å². The van der Waals surface area contributed by atoms with Crippen LogP contribution in [0, 0.1) is 0 Å². The van der Waals surface area contributed by atoms with E-state index in [9.17, 15) is 0 Å². The first-order valence-electron chi connectivity index (χ1n) is 6.61. The van der Waals surface area contributed by atoms with E-state index in [4.69, 9.17) is 4.74 Å². The van der Waals surface area contributed by atoms with E-state index in [1.165, 1.54) is 25.9 Å². The largest absolute Gasteiger partial charge is 0.375 e. The fourth-order valence-electron chi connectivity index (χ4n) is 2.19. The van der Waals surface area contributed by atoms with Gasteiger partial charge in [0.05, 0.1) is 12.2 Å². The number of nitrogens with one attached hydrogen (secondary N) is 1. The summed E-state index contributed by atoms with van der Waals surface area (Å²) in [7, 11) is 0. The standard InChI is InChI=1S/C13H28N2O/c1-5-14-12-7-6-8-15(11-12)9-10-16-13(2,3)4/h12,14H,5-11H2,1-4H3. The predicted octanol–water partition coefficient (Wildman–Crippen LogP) is 1.88. The fraction of sp³-hybridized carbons (Fsp3) is 1.00. The van der Waals surface area contributed by atoms with Gasteiger partial charge in [0.25, 0.3) is 0 Å². The molecule has 0 aliphatic carbocycles. The van der Waals surface area contributed by atoms with Gasteiger partial charge in [0.1, 0.15) is 0 Å². The highest BCUT2D eigenvalue weighted by molar-refractivity contribution is 4.77. The van der Waals surface area contributed by atoms with Crippen LogP contribution in [0.4, 0.5) is 0 Å². The zero-order valence-electron chi connectivity index (χ0n) is 11.4. The van der Waals surface area contributed by atoms with Crippen LogP contribution >= 0.6 is 0 Å². The lowest BCUT2D eigenvalue weighted by molar-refractivity contribution is -0.0159. The lowest BCUT2D eigenvalue weighted by Crippen LogP contribution is -2.46. The zero-order chi connectivity index (χ0) is 12.0. The van der Waals surface area contributed by atoms with Crippen molar-refractivity contribution in [2.75, 3.05) is 32.8 Å². The van der Waals surface area contributed by atoms with Crippen LogP contribution in [-0.2, 0) is 4.74 Å². The molecule has 1 heterocycles. The van der Waals surface area contributed by atoms with Crippen molar-refractivity contribution in [3.8, 4) is 0 Å². The molecule has 0 bridgehead atoms. The van der Waals surface area contributed by atoms with Gasteiger partial charge in [-0.25, -0.2) is 0 Å². The Balaban J connectivity index is 2.16. The number of hydrogen-bond donors (Lipinski definition) is 1. The SMILES string of the molecule is CCNC1CCCN(CCOC(C)(C)C)C1. The second-order valence-corrected chi connectivity index (χ2v) is 5.66. The number of hydrogen-bond acceptors (Lipinski definition) is 3. The van der Waals surface area contributed by atoms with Crippen molar-refractivity contribution < 1.29 is 4.74 Å². The van der Waals surface area contributed by atoms with E-state index in [-0.39, 0.29) is 5.60 Å². The molecule has 16 heavy (non-hydrogen) atoms. The average Bonchev–Trinajstić information content (AvgIpc) is 2.17. The third-order valence-corrected chi connectivity index (χ3v) is 2.94. The summed E-state index contributed by atoms with van der Waals surface area (Å²) in [6, 6.07) is 0.688. The third kappa shape index (κ3) is 5.83. The van der Waals surface area contributed by atoms with Crippen LogP contribution in [0.1, 0.15) is 40.5 Å². The molecule has 0 saturated carbocycles. The van der Waals surface area contributed by atoms with E-state index in [2.05, 4.69) is 37.9 Å². The van der Waals surface area contributed by atoms with Gasteiger partial charge in [0.2, 0.25) is 0 Å². The maximum atomic E-state index is 5.77. The number of rotatable bonds is 5. The van der Waals surface area contributed by atoms with Crippen molar-refractivity contribution >= 4 is 0 Å². The zero-order valence-corrected chi connectivity index (χ0v) is 11.4. The summed E-state index contributed by atoms with van der Waals surface area (Å²) in [5, 5.41) is 3.54. The van der Waals surface area contributed by atoms with Crippen LogP contribution in [-0.4, -0.2) is 49.3 Å². The molecule has 0 radical (unpaired) electrons. The second kappa shape index (κ2) is 6.58. The molecule has 1 saturated heterocycles. The Kier molecular flexibility index (Phi) is 5.73. The molecule has 3 nitrogen and oxygen atoms in total. The monoisotopic (exact) mass is 228 g/mol. The van der Waals surface area contributed by atoms with Gasteiger partial charge in [0, 0.05) is 19.1 Å². The molecule has 96 valence electrons. The molecule has 0 aromatic rings. The topological polar surface area (TPSA) is 24.5 Å². The van der Waals surface area contributed by atoms with Gasteiger partial charge >= 0.3 is 0 Å². The quantitative estimate of drug-likeness (QED) is 0.777. The first kappa shape index (κ1) is 13.9. The molecule has 1 unspecified atom stereocenters. The van der Waals surface area contributed by atoms with Crippen molar-refractivity contribution in [3.63, 3.8) is 0 Å². The molecule has 0 aromatic carbocycles. The van der Waals surface area contributed by atoms with Crippen LogP contribution in [0.3, 0.4) is 0 Å². The van der Waals surface area contributed by atoms with Crippen LogP contribution in [0.5, 0.6) is 0 Å². The minimum atomic E-state index is -0.00312. The third-order valence-electron chi connectivity index (χ3n) is 2.94. The van der Waals surface area contributed by atoms with Crippen molar-refractivity contribution in [1.82, 2.24) is 10.2 Å². The molecule has 1 fully saturated rings. The maximum absolute atomic E-state index is 5.77. The smallest absolute Gasteiger partial charge is 0.0600 e. The molecule has 0 amide bonds. The highest BCUT2D eigenvalue weighted by atomic mass is 16.5. The van der Waals surface area contributed by atoms with Crippen LogP contribution in [0.15, 0.2) is 0 Å². The normalized spacial score (nSPS) is 23.6. The van der Waals surface area contributed by atoms with E-state index in [0.29, 0.717) is 6.04 Å². The highest BCUT2D eigenvalue weighted by Gasteiger charge is 2.19. The number of ether oxygens (including phenoxy) is 1. The van der Waals surface area contributed by atoms with E-state index in [1.807, 2.05) is 0 Å². The van der Waals surface area contributed by atoms with Crippen molar-refractivity contribution in [2.24, 2.45) is 0 Å². The molecular weight excluding hydrogens is 200 g/mol. The molecule has 1 N–H and O–H groups in total. The molecule has 1 aliphatic rings. The molecule has 1 rings (SSSR count). The summed E-state index contributed by atoms with van der Waals surface area (Å²) in [5.41, 5.74) is -0.00312. The Hall–Kier alpha value is -0.120. The van der Waals surface area contributed by atoms with Crippen molar-refractivity contribution in [3.05, 3.63) is 0 Å². The minimum absolute atomic E-state index is 0.00312. The predicted molar refractivity (Wildman–Crippen MR) is 68.8 cm³/mol. The van der Waals surface area contributed by atoms with Gasteiger partial charge in [-0.2, -0.15) is 0 Å². The van der Waals surface area contributed by atoms with Crippen LogP contribution in [0.2, 0.25) is 0 Å². The van der Waals surface area contributed by atoms with Gasteiger partial charge in [-0.1, -0.05) is 6.92 Å². The summed E-state index contributed by atoms with van der Waals surface area (Å²) in [5.74, 6) is 0. The Morgan fingerprint density at radius 2 is 2.12 bits per heavy atom. The van der Waals surface area contributed by atoms with Gasteiger partial charge in [-0.3, -0.25) is 4.90 Å². The van der Waals surface area contributed by atoms with Gasteiger partial charge < -0.3 is 10.1 Å². The van der Waals surface area contributed by atoms with Crippen LogP contribution in [0.25, 0.3) is 0 Å². The molecule has 3 heteroatoms. The number of piperidine rings is 1. The van der Waals surface area contributed by atoms with Crippen LogP contribution < -0.4 is 5.32 Å². The van der Waals surface area contributed by atoms with Gasteiger partial charge in [-0.05, 0) is 46.7 Å². The van der Waals surface area contributed by atoms with Gasteiger partial charge in [0.15, 0.2) is 0 Å². The number of likely N-dealkylation sites (tertiary alicyclic amines) is 1. The first-order valence-corrected chi connectivity index (χ1v) is 6.61. The molecule has 1 aliphatic heterocycles. The molecule has 0 spiro atoms.